The minimum atomic E-state index is -0.737. The molecule has 30 heavy (non-hydrogen) atoms. The summed E-state index contributed by atoms with van der Waals surface area (Å²) in [7, 11) is 0. The van der Waals surface area contributed by atoms with Crippen LogP contribution in [-0.4, -0.2) is 28.8 Å². The number of anilines is 2. The lowest BCUT2D eigenvalue weighted by Crippen LogP contribution is -2.19. The van der Waals surface area contributed by atoms with Gasteiger partial charge in [0, 0.05) is 30.5 Å². The van der Waals surface area contributed by atoms with Crippen molar-refractivity contribution in [2.45, 2.75) is 27.2 Å². The number of carbonyl (C=O) groups excluding carboxylic acids is 1. The highest BCUT2D eigenvalue weighted by Crippen LogP contribution is 2.26. The quantitative estimate of drug-likeness (QED) is 0.668. The van der Waals surface area contributed by atoms with Crippen LogP contribution in [0.15, 0.2) is 42.5 Å². The summed E-state index contributed by atoms with van der Waals surface area (Å²) in [6, 6.07) is 11.0. The molecule has 1 aromatic heterocycles. The molecule has 1 aliphatic heterocycles. The maximum Gasteiger partial charge on any atom is 0.259 e. The summed E-state index contributed by atoms with van der Waals surface area (Å²) in [6.45, 7) is 7.72. The van der Waals surface area contributed by atoms with Crippen LogP contribution in [0.2, 0.25) is 0 Å². The highest BCUT2D eigenvalue weighted by Gasteiger charge is 2.22. The lowest BCUT2D eigenvalue weighted by molar-refractivity contribution is 0.102. The highest BCUT2D eigenvalue weighted by atomic mass is 19.1. The van der Waals surface area contributed by atoms with E-state index in [9.17, 15) is 13.6 Å². The third kappa shape index (κ3) is 3.79. The standard InChI is InChI=1S/C23H24F2N4O/c1-14-10-11-28(13-14)19-7-5-18(6-8-19)26-23(30)22-15(2)27-29(16(22)3)21-9-4-17(24)12-20(21)25/h4-9,12,14H,10-11,13H2,1-3H3,(H,26,30). The molecule has 1 fully saturated rings. The van der Waals surface area contributed by atoms with Crippen LogP contribution in [0.3, 0.4) is 0 Å². The van der Waals surface area contributed by atoms with E-state index in [4.69, 9.17) is 0 Å². The van der Waals surface area contributed by atoms with Gasteiger partial charge in [-0.15, -0.1) is 0 Å². The summed E-state index contributed by atoms with van der Waals surface area (Å²) >= 11 is 0. The smallest absolute Gasteiger partial charge is 0.259 e. The van der Waals surface area contributed by atoms with Crippen molar-refractivity contribution < 1.29 is 13.6 Å². The van der Waals surface area contributed by atoms with Gasteiger partial charge < -0.3 is 10.2 Å². The monoisotopic (exact) mass is 410 g/mol. The molecule has 2 heterocycles. The first kappa shape index (κ1) is 20.1. The molecule has 1 unspecified atom stereocenters. The fraction of sp³-hybridized carbons (Fsp3) is 0.304. The van der Waals surface area contributed by atoms with E-state index >= 15 is 0 Å². The van der Waals surface area contributed by atoms with E-state index in [0.29, 0.717) is 28.6 Å². The summed E-state index contributed by atoms with van der Waals surface area (Å²) < 4.78 is 28.7. The van der Waals surface area contributed by atoms with Gasteiger partial charge in [0.25, 0.3) is 5.91 Å². The number of nitrogens with one attached hydrogen (secondary N) is 1. The van der Waals surface area contributed by atoms with E-state index in [-0.39, 0.29) is 11.6 Å². The number of aryl methyl sites for hydroxylation is 1. The molecular weight excluding hydrogens is 386 g/mol. The van der Waals surface area contributed by atoms with Crippen LogP contribution in [-0.2, 0) is 0 Å². The second-order valence-corrected chi connectivity index (χ2v) is 7.89. The van der Waals surface area contributed by atoms with Gasteiger partial charge in [-0.1, -0.05) is 6.92 Å². The third-order valence-electron chi connectivity index (χ3n) is 5.57. The van der Waals surface area contributed by atoms with Gasteiger partial charge in [0.1, 0.15) is 11.5 Å². The number of benzene rings is 2. The summed E-state index contributed by atoms with van der Waals surface area (Å²) in [5.74, 6) is -1.03. The Morgan fingerprint density at radius 1 is 1.13 bits per heavy atom. The molecule has 1 amide bonds. The second-order valence-electron chi connectivity index (χ2n) is 7.89. The van der Waals surface area contributed by atoms with Crippen LogP contribution in [0.5, 0.6) is 0 Å². The second kappa shape index (κ2) is 7.89. The van der Waals surface area contributed by atoms with Crippen LogP contribution in [0.1, 0.15) is 35.1 Å². The Kier molecular flexibility index (Phi) is 5.28. The number of halogens is 2. The molecule has 0 radical (unpaired) electrons. The molecule has 1 atom stereocenters. The molecule has 156 valence electrons. The molecule has 3 aromatic rings. The lowest BCUT2D eigenvalue weighted by atomic mass is 10.1. The first-order valence-electron chi connectivity index (χ1n) is 10.0. The predicted octanol–water partition coefficient (Wildman–Crippen LogP) is 4.87. The molecule has 4 rings (SSSR count). The van der Waals surface area contributed by atoms with E-state index in [2.05, 4.69) is 22.2 Å². The summed E-state index contributed by atoms with van der Waals surface area (Å²) in [5.41, 5.74) is 3.24. The predicted molar refractivity (Wildman–Crippen MR) is 113 cm³/mol. The fourth-order valence-electron chi connectivity index (χ4n) is 3.98. The van der Waals surface area contributed by atoms with E-state index in [0.717, 1.165) is 30.9 Å². The topological polar surface area (TPSA) is 50.2 Å². The van der Waals surface area contributed by atoms with Crippen LogP contribution in [0.25, 0.3) is 5.69 Å². The number of rotatable bonds is 4. The first-order chi connectivity index (χ1) is 14.3. The molecular formula is C23H24F2N4O. The molecule has 7 heteroatoms. The Labute approximate surface area is 174 Å². The number of hydrogen-bond donors (Lipinski definition) is 1. The molecule has 0 aliphatic carbocycles. The summed E-state index contributed by atoms with van der Waals surface area (Å²) in [4.78, 5) is 15.2. The molecule has 1 N–H and O–H groups in total. The van der Waals surface area contributed by atoms with Crippen molar-refractivity contribution in [1.29, 1.82) is 0 Å². The van der Waals surface area contributed by atoms with Gasteiger partial charge in [-0.25, -0.2) is 13.5 Å². The zero-order valence-corrected chi connectivity index (χ0v) is 17.2. The number of carbonyl (C=O) groups is 1. The highest BCUT2D eigenvalue weighted by molar-refractivity contribution is 6.06. The normalized spacial score (nSPS) is 16.2. The lowest BCUT2D eigenvalue weighted by Gasteiger charge is -2.18. The van der Waals surface area contributed by atoms with Crippen LogP contribution in [0.4, 0.5) is 20.2 Å². The van der Waals surface area contributed by atoms with E-state index in [1.165, 1.54) is 17.2 Å². The Balaban J connectivity index is 1.54. The molecule has 0 bridgehead atoms. The maximum absolute atomic E-state index is 14.2. The average molecular weight is 410 g/mol. The SMILES string of the molecule is Cc1nn(-c2ccc(F)cc2F)c(C)c1C(=O)Nc1ccc(N2CCC(C)C2)cc1. The number of nitrogens with zero attached hydrogens (tertiary/aromatic N) is 3. The molecule has 5 nitrogen and oxygen atoms in total. The summed E-state index contributed by atoms with van der Waals surface area (Å²) in [5, 5.41) is 7.18. The first-order valence-corrected chi connectivity index (χ1v) is 10.0. The Hall–Kier alpha value is -3.22. The van der Waals surface area contributed by atoms with Gasteiger partial charge in [-0.05, 0) is 62.6 Å². The van der Waals surface area contributed by atoms with Crippen molar-refractivity contribution in [2.24, 2.45) is 5.92 Å². The Morgan fingerprint density at radius 3 is 2.50 bits per heavy atom. The molecule has 0 saturated carbocycles. The van der Waals surface area contributed by atoms with Gasteiger partial charge in [0.2, 0.25) is 0 Å². The van der Waals surface area contributed by atoms with Gasteiger partial charge in [0.15, 0.2) is 5.82 Å². The molecule has 0 spiro atoms. The van der Waals surface area contributed by atoms with E-state index in [1.807, 2.05) is 24.3 Å². The van der Waals surface area contributed by atoms with Gasteiger partial charge >= 0.3 is 0 Å². The van der Waals surface area contributed by atoms with Gasteiger partial charge in [-0.2, -0.15) is 5.10 Å². The summed E-state index contributed by atoms with van der Waals surface area (Å²) in [6.07, 6.45) is 1.19. The zero-order valence-electron chi connectivity index (χ0n) is 17.2. The van der Waals surface area contributed by atoms with Crippen molar-refractivity contribution in [3.05, 3.63) is 71.1 Å². The van der Waals surface area contributed by atoms with Crippen molar-refractivity contribution in [1.82, 2.24) is 9.78 Å². The van der Waals surface area contributed by atoms with Crippen molar-refractivity contribution >= 4 is 17.3 Å². The molecule has 1 saturated heterocycles. The zero-order chi connectivity index (χ0) is 21.4. The van der Waals surface area contributed by atoms with E-state index in [1.54, 1.807) is 13.8 Å². The van der Waals surface area contributed by atoms with E-state index < -0.39 is 11.6 Å². The molecule has 2 aromatic carbocycles. The van der Waals surface area contributed by atoms with Crippen molar-refractivity contribution in [2.75, 3.05) is 23.3 Å². The molecule has 1 aliphatic rings. The van der Waals surface area contributed by atoms with Crippen LogP contribution >= 0.6 is 0 Å². The number of aromatic nitrogens is 2. The fourth-order valence-corrected chi connectivity index (χ4v) is 3.98. The maximum atomic E-state index is 14.2. The Bertz CT molecular complexity index is 1090. The minimum Gasteiger partial charge on any atom is -0.371 e. The minimum absolute atomic E-state index is 0.0974. The largest absolute Gasteiger partial charge is 0.371 e. The Morgan fingerprint density at radius 2 is 1.87 bits per heavy atom. The van der Waals surface area contributed by atoms with Crippen LogP contribution < -0.4 is 10.2 Å². The van der Waals surface area contributed by atoms with Crippen LogP contribution in [0, 0.1) is 31.4 Å². The number of amides is 1. The van der Waals surface area contributed by atoms with Crippen molar-refractivity contribution in [3.63, 3.8) is 0 Å². The van der Waals surface area contributed by atoms with Gasteiger partial charge in [-0.3, -0.25) is 4.79 Å². The van der Waals surface area contributed by atoms with Gasteiger partial charge in [0.05, 0.1) is 17.0 Å². The third-order valence-corrected chi connectivity index (χ3v) is 5.57. The average Bonchev–Trinajstić information content (AvgIpc) is 3.25. The van der Waals surface area contributed by atoms with Crippen molar-refractivity contribution in [3.8, 4) is 5.69 Å². The number of hydrogen-bond acceptors (Lipinski definition) is 3.